The van der Waals surface area contributed by atoms with Crippen molar-refractivity contribution in [3.05, 3.63) is 193 Å². The van der Waals surface area contributed by atoms with Crippen LogP contribution in [0, 0.1) is 0 Å². The minimum atomic E-state index is -0.610. The zero-order valence-corrected chi connectivity index (χ0v) is 26.4. The Morgan fingerprint density at radius 3 is 1.84 bits per heavy atom. The van der Waals surface area contributed by atoms with Crippen molar-refractivity contribution in [2.24, 2.45) is 0 Å². The van der Waals surface area contributed by atoms with E-state index in [1.54, 1.807) is 12.1 Å². The number of fused-ring (bicyclic) bond motifs is 7. The first kappa shape index (κ1) is 17.8. The summed E-state index contributed by atoms with van der Waals surface area (Å²) in [6.07, 6.45) is -0.0641. The lowest BCUT2D eigenvalue weighted by Crippen LogP contribution is -1.97. The summed E-state index contributed by atoms with van der Waals surface area (Å²) >= 11 is 0. The summed E-state index contributed by atoms with van der Waals surface area (Å²) in [5, 5.41) is 6.44. The molecule has 0 atom stereocenters. The Hall–Kier alpha value is -6.44. The molecule has 0 spiro atoms. The number of benzene rings is 9. The highest BCUT2D eigenvalue weighted by atomic mass is 16.3. The van der Waals surface area contributed by atoms with Gasteiger partial charge < -0.3 is 4.42 Å². The van der Waals surface area contributed by atoms with Crippen molar-refractivity contribution in [3.8, 4) is 33.4 Å². The van der Waals surface area contributed by atoms with Gasteiger partial charge in [0.05, 0.1) is 19.2 Å². The van der Waals surface area contributed by atoms with Crippen LogP contribution in [0.4, 0.5) is 0 Å². The van der Waals surface area contributed by atoms with Crippen molar-refractivity contribution in [2.45, 2.75) is 6.42 Å². The van der Waals surface area contributed by atoms with Gasteiger partial charge in [0.15, 0.2) is 0 Å². The third kappa shape index (κ3) is 4.55. The van der Waals surface area contributed by atoms with Crippen LogP contribution in [0.1, 0.15) is 30.3 Å². The summed E-state index contributed by atoms with van der Waals surface area (Å²) in [6, 6.07) is 23.9. The van der Waals surface area contributed by atoms with Crippen LogP contribution in [0.25, 0.3) is 87.6 Å². The molecule has 0 unspecified atom stereocenters. The molecular formula is C49H32O. The fourth-order valence-corrected chi connectivity index (χ4v) is 7.31. The van der Waals surface area contributed by atoms with E-state index >= 15 is 0 Å². The van der Waals surface area contributed by atoms with Crippen LogP contribution in [0.3, 0.4) is 0 Å². The van der Waals surface area contributed by atoms with Gasteiger partial charge in [-0.05, 0) is 102 Å². The lowest BCUT2D eigenvalue weighted by Gasteiger charge is -2.19. The maximum atomic E-state index is 9.17. The molecule has 1 heterocycles. The first-order chi connectivity index (χ1) is 30.6. The zero-order chi connectivity index (χ0) is 45.2. The molecule has 0 amide bonds. The van der Waals surface area contributed by atoms with E-state index in [1.807, 2.05) is 84.9 Å². The van der Waals surface area contributed by atoms with Crippen LogP contribution < -0.4 is 0 Å². The molecule has 0 saturated heterocycles. The van der Waals surface area contributed by atoms with Gasteiger partial charge in [0, 0.05) is 16.2 Å². The van der Waals surface area contributed by atoms with E-state index in [0.717, 1.165) is 59.8 Å². The SMILES string of the molecule is [2H]c1c([2H])c([2H])c(-c2ccc3c(ccc4c3oc3cccc(-c5c6ccccc6c(Cc6c([2H])c([2H])c([2H])c([2H])c6-c6c([2H])c([2H])c([2H])c([2H])c6[2H])c6ccccc56)c34)c2)c([2H])c1[2H]. The maximum Gasteiger partial charge on any atom is 0.143 e. The maximum absolute atomic E-state index is 9.17. The molecule has 0 saturated carbocycles. The molecule has 0 aliphatic rings. The minimum absolute atomic E-state index is 0.0641. The highest BCUT2D eigenvalue weighted by Crippen LogP contribution is 2.46. The highest BCUT2D eigenvalue weighted by Gasteiger charge is 2.21. The lowest BCUT2D eigenvalue weighted by atomic mass is 9.84. The predicted octanol–water partition coefficient (Wildman–Crippen LogP) is 13.6. The fraction of sp³-hybridized carbons (Fsp3) is 0.0204. The molecule has 234 valence electrons. The predicted molar refractivity (Wildman–Crippen MR) is 212 cm³/mol. The Bertz CT molecular complexity index is 3590. The molecule has 1 nitrogen and oxygen atoms in total. The average molecular weight is 651 g/mol. The fourth-order valence-electron chi connectivity index (χ4n) is 7.31. The van der Waals surface area contributed by atoms with Gasteiger partial charge in [0.25, 0.3) is 0 Å². The van der Waals surface area contributed by atoms with Crippen molar-refractivity contribution >= 4 is 54.3 Å². The van der Waals surface area contributed by atoms with Gasteiger partial charge in [0.2, 0.25) is 0 Å². The zero-order valence-electron chi connectivity index (χ0n) is 40.4. The topological polar surface area (TPSA) is 13.1 Å². The summed E-state index contributed by atoms with van der Waals surface area (Å²) in [6.45, 7) is 0. The van der Waals surface area contributed by atoms with Crippen molar-refractivity contribution in [1.29, 1.82) is 0 Å². The Morgan fingerprint density at radius 2 is 1.10 bits per heavy atom. The van der Waals surface area contributed by atoms with Crippen molar-refractivity contribution in [3.63, 3.8) is 0 Å². The molecule has 50 heavy (non-hydrogen) atoms. The van der Waals surface area contributed by atoms with Crippen LogP contribution in [-0.2, 0) is 6.42 Å². The van der Waals surface area contributed by atoms with Crippen LogP contribution in [-0.4, -0.2) is 0 Å². The van der Waals surface area contributed by atoms with Crippen LogP contribution in [0.2, 0.25) is 0 Å². The molecule has 0 radical (unpaired) electrons. The summed E-state index contributed by atoms with van der Waals surface area (Å²) in [5.41, 5.74) is 3.94. The molecule has 1 aromatic heterocycles. The second-order valence-electron chi connectivity index (χ2n) is 12.1. The number of rotatable bonds is 5. The van der Waals surface area contributed by atoms with Crippen molar-refractivity contribution < 1.29 is 23.6 Å². The van der Waals surface area contributed by atoms with Crippen LogP contribution in [0.15, 0.2) is 186 Å². The molecule has 10 rings (SSSR count). The Labute approximate surface area is 310 Å². The van der Waals surface area contributed by atoms with Gasteiger partial charge in [-0.2, -0.15) is 0 Å². The molecule has 0 N–H and O–H groups in total. The lowest BCUT2D eigenvalue weighted by molar-refractivity contribution is 0.673. The average Bonchev–Trinajstić information content (AvgIpc) is 3.70. The summed E-state index contributed by atoms with van der Waals surface area (Å²) in [4.78, 5) is 0. The van der Waals surface area contributed by atoms with Crippen LogP contribution in [0.5, 0.6) is 0 Å². The van der Waals surface area contributed by atoms with Gasteiger partial charge >= 0.3 is 0 Å². The molecule has 0 bridgehead atoms. The van der Waals surface area contributed by atoms with E-state index in [0.29, 0.717) is 16.7 Å². The summed E-state index contributed by atoms with van der Waals surface area (Å²) < 4.78 is 126. The van der Waals surface area contributed by atoms with Gasteiger partial charge in [0.1, 0.15) is 11.2 Å². The van der Waals surface area contributed by atoms with Crippen LogP contribution >= 0.6 is 0 Å². The minimum Gasteiger partial charge on any atom is -0.455 e. The number of hydrogen-bond donors (Lipinski definition) is 0. The molecular weight excluding hydrogens is 605 g/mol. The molecule has 0 aliphatic carbocycles. The third-order valence-electron chi connectivity index (χ3n) is 9.45. The van der Waals surface area contributed by atoms with E-state index in [2.05, 4.69) is 0 Å². The van der Waals surface area contributed by atoms with Gasteiger partial charge in [-0.1, -0.05) is 157 Å². The second-order valence-corrected chi connectivity index (χ2v) is 12.1. The Kier molecular flexibility index (Phi) is 4.14. The molecule has 0 aliphatic heterocycles. The molecule has 9 aromatic carbocycles. The molecule has 10 aromatic rings. The monoisotopic (exact) mass is 650 g/mol. The van der Waals surface area contributed by atoms with E-state index in [1.165, 1.54) is 0 Å². The molecule has 0 fully saturated rings. The largest absolute Gasteiger partial charge is 0.455 e. The quantitative estimate of drug-likeness (QED) is 0.169. The Balaban J connectivity index is 1.21. The molecule has 1 heteroatoms. The Morgan fingerprint density at radius 1 is 0.460 bits per heavy atom. The third-order valence-corrected chi connectivity index (χ3v) is 9.45. The van der Waals surface area contributed by atoms with E-state index in [-0.39, 0.29) is 46.8 Å². The first-order valence-electron chi connectivity index (χ1n) is 23.2. The van der Waals surface area contributed by atoms with Gasteiger partial charge in [-0.15, -0.1) is 0 Å². The highest BCUT2D eigenvalue weighted by molar-refractivity contribution is 6.24. The van der Waals surface area contributed by atoms with E-state index in [4.69, 9.17) is 23.6 Å². The van der Waals surface area contributed by atoms with E-state index < -0.39 is 66.5 Å². The number of furan rings is 1. The second kappa shape index (κ2) is 11.6. The summed E-state index contributed by atoms with van der Waals surface area (Å²) in [5.74, 6) is 0. The normalized spacial score (nSPS) is 15.6. The smallest absolute Gasteiger partial charge is 0.143 e. The van der Waals surface area contributed by atoms with Crippen molar-refractivity contribution in [2.75, 3.05) is 0 Å². The first-order valence-corrected chi connectivity index (χ1v) is 16.2. The van der Waals surface area contributed by atoms with E-state index in [9.17, 15) is 0 Å². The standard InChI is InChI=1S/C49H32O/c1-3-14-32(15-4-1)34-26-28-38-36(30-34)27-29-44-48-43(24-13-25-46(48)50-49(38)44)47-41-22-11-9-20-39(41)45(40-21-10-12-23-42(40)47)31-35-18-7-8-19-37(35)33-16-5-2-6-17-33/h1-30H,31H2/i1D,2D,3D,4D,5D,6D,7D,8D,14D,15D,16D,17D,18D,19D. The van der Waals surface area contributed by atoms with Crippen molar-refractivity contribution in [1.82, 2.24) is 0 Å². The van der Waals surface area contributed by atoms with Gasteiger partial charge in [-0.3, -0.25) is 0 Å². The summed E-state index contributed by atoms with van der Waals surface area (Å²) in [7, 11) is 0. The van der Waals surface area contributed by atoms with Gasteiger partial charge in [-0.25, -0.2) is 0 Å². The number of hydrogen-bond acceptors (Lipinski definition) is 1.